The molecule has 1 aliphatic heterocycles. The first-order valence-electron chi connectivity index (χ1n) is 7.17. The Balaban J connectivity index is 1.76. The van der Waals surface area contributed by atoms with Crippen LogP contribution in [0.25, 0.3) is 6.08 Å². The van der Waals surface area contributed by atoms with Gasteiger partial charge in [0, 0.05) is 24.4 Å². The van der Waals surface area contributed by atoms with Gasteiger partial charge in [-0.25, -0.2) is 4.39 Å². The highest BCUT2D eigenvalue weighted by molar-refractivity contribution is 6.21. The minimum Gasteiger partial charge on any atom is -0.322 e. The number of rotatable bonds is 3. The number of imide groups is 1. The van der Waals surface area contributed by atoms with Gasteiger partial charge in [0.25, 0.3) is 11.8 Å². The van der Waals surface area contributed by atoms with Crippen molar-refractivity contribution in [3.8, 4) is 0 Å². The van der Waals surface area contributed by atoms with E-state index < -0.39 is 17.6 Å². The molecule has 0 bridgehead atoms. The number of nitrogens with zero attached hydrogens (tertiary/aromatic N) is 1. The first kappa shape index (κ1) is 15.6. The molecule has 1 N–H and O–H groups in total. The van der Waals surface area contributed by atoms with Gasteiger partial charge in [0.2, 0.25) is 5.91 Å². The lowest BCUT2D eigenvalue weighted by Crippen LogP contribution is -2.24. The smallest absolute Gasteiger partial charge is 0.261 e. The summed E-state index contributed by atoms with van der Waals surface area (Å²) in [5.41, 5.74) is 1.23. The molecule has 1 aliphatic rings. The van der Waals surface area contributed by atoms with Crippen LogP contribution in [0.15, 0.2) is 48.5 Å². The maximum absolute atomic E-state index is 13.5. The number of amides is 3. The second kappa shape index (κ2) is 6.08. The number of halogens is 1. The predicted octanol–water partition coefficient (Wildman–Crippen LogP) is 2.70. The average molecular weight is 324 g/mol. The van der Waals surface area contributed by atoms with Crippen molar-refractivity contribution in [2.45, 2.75) is 0 Å². The first-order chi connectivity index (χ1) is 11.5. The van der Waals surface area contributed by atoms with Gasteiger partial charge in [-0.2, -0.15) is 0 Å². The quantitative estimate of drug-likeness (QED) is 0.697. The Kier molecular flexibility index (Phi) is 3.95. The van der Waals surface area contributed by atoms with Gasteiger partial charge in [-0.1, -0.05) is 18.2 Å². The number of benzene rings is 2. The van der Waals surface area contributed by atoms with Gasteiger partial charge in [-0.15, -0.1) is 0 Å². The normalized spacial score (nSPS) is 13.5. The number of fused-ring (bicyclic) bond motifs is 1. The molecule has 2 aromatic carbocycles. The van der Waals surface area contributed by atoms with Gasteiger partial charge in [0.1, 0.15) is 5.82 Å². The van der Waals surface area contributed by atoms with E-state index in [4.69, 9.17) is 0 Å². The monoisotopic (exact) mass is 324 g/mol. The van der Waals surface area contributed by atoms with Crippen LogP contribution in [0, 0.1) is 5.82 Å². The summed E-state index contributed by atoms with van der Waals surface area (Å²) in [7, 11) is 1.40. The minimum absolute atomic E-state index is 0.249. The van der Waals surface area contributed by atoms with E-state index >= 15 is 0 Å². The maximum atomic E-state index is 13.5. The third-order valence-electron chi connectivity index (χ3n) is 3.68. The standard InChI is InChI=1S/C18H13FN2O3/c1-21-17(23)13-8-7-12(10-14(13)18(21)24)20-16(22)9-6-11-4-2-3-5-15(11)19/h2-10H,1H3,(H,20,22)/b9-6+. The molecule has 1 heterocycles. The highest BCUT2D eigenvalue weighted by atomic mass is 19.1. The van der Waals surface area contributed by atoms with Gasteiger partial charge in [0.05, 0.1) is 11.1 Å². The fourth-order valence-electron chi connectivity index (χ4n) is 2.40. The summed E-state index contributed by atoms with van der Waals surface area (Å²) < 4.78 is 13.5. The zero-order valence-electron chi connectivity index (χ0n) is 12.7. The second-order valence-corrected chi connectivity index (χ2v) is 5.27. The van der Waals surface area contributed by atoms with Crippen molar-refractivity contribution in [3.05, 3.63) is 71.0 Å². The van der Waals surface area contributed by atoms with E-state index in [0.717, 1.165) is 4.90 Å². The van der Waals surface area contributed by atoms with Crippen LogP contribution in [-0.2, 0) is 4.79 Å². The van der Waals surface area contributed by atoms with Gasteiger partial charge >= 0.3 is 0 Å². The number of hydrogen-bond donors (Lipinski definition) is 1. The molecule has 0 aromatic heterocycles. The molecule has 0 fully saturated rings. The minimum atomic E-state index is -0.469. The molecule has 2 aromatic rings. The molecule has 0 unspecified atom stereocenters. The number of nitrogens with one attached hydrogen (secondary N) is 1. The van der Waals surface area contributed by atoms with Crippen molar-refractivity contribution < 1.29 is 18.8 Å². The van der Waals surface area contributed by atoms with Gasteiger partial charge in [0.15, 0.2) is 0 Å². The Morgan fingerprint density at radius 3 is 2.54 bits per heavy atom. The van der Waals surface area contributed by atoms with Crippen LogP contribution in [0.5, 0.6) is 0 Å². The van der Waals surface area contributed by atoms with E-state index in [1.807, 2.05) is 0 Å². The van der Waals surface area contributed by atoms with E-state index in [2.05, 4.69) is 5.32 Å². The highest BCUT2D eigenvalue weighted by Crippen LogP contribution is 2.24. The zero-order valence-corrected chi connectivity index (χ0v) is 12.7. The van der Waals surface area contributed by atoms with Crippen LogP contribution in [0.4, 0.5) is 10.1 Å². The molecule has 0 saturated heterocycles. The van der Waals surface area contributed by atoms with Gasteiger partial charge in [-0.05, 0) is 30.3 Å². The Morgan fingerprint density at radius 1 is 1.08 bits per heavy atom. The van der Waals surface area contributed by atoms with E-state index in [9.17, 15) is 18.8 Å². The fraction of sp³-hybridized carbons (Fsp3) is 0.0556. The summed E-state index contributed by atoms with van der Waals surface area (Å²) >= 11 is 0. The molecule has 0 saturated carbocycles. The summed E-state index contributed by atoms with van der Waals surface area (Å²) in [6.45, 7) is 0. The fourth-order valence-corrected chi connectivity index (χ4v) is 2.40. The van der Waals surface area contributed by atoms with Crippen molar-refractivity contribution in [2.24, 2.45) is 0 Å². The number of carbonyl (C=O) groups excluding carboxylic acids is 3. The summed E-state index contributed by atoms with van der Waals surface area (Å²) in [6, 6.07) is 10.6. The molecule has 3 amide bonds. The molecule has 5 nitrogen and oxygen atoms in total. The third kappa shape index (κ3) is 2.81. The van der Waals surface area contributed by atoms with Crippen molar-refractivity contribution in [1.29, 1.82) is 0 Å². The number of hydrogen-bond acceptors (Lipinski definition) is 3. The number of anilines is 1. The van der Waals surface area contributed by atoms with Gasteiger partial charge < -0.3 is 5.32 Å². The lowest BCUT2D eigenvalue weighted by molar-refractivity contribution is -0.111. The molecule has 120 valence electrons. The molecule has 24 heavy (non-hydrogen) atoms. The largest absolute Gasteiger partial charge is 0.322 e. The van der Waals surface area contributed by atoms with Crippen LogP contribution in [0.3, 0.4) is 0 Å². The van der Waals surface area contributed by atoms with Crippen LogP contribution >= 0.6 is 0 Å². The first-order valence-corrected chi connectivity index (χ1v) is 7.17. The summed E-state index contributed by atoms with van der Waals surface area (Å²) in [5, 5.41) is 2.58. The Bertz CT molecular complexity index is 890. The van der Waals surface area contributed by atoms with Crippen LogP contribution in [0.2, 0.25) is 0 Å². The predicted molar refractivity (Wildman–Crippen MR) is 86.9 cm³/mol. The van der Waals surface area contributed by atoms with E-state index in [1.165, 1.54) is 43.5 Å². The van der Waals surface area contributed by atoms with Crippen molar-refractivity contribution in [3.63, 3.8) is 0 Å². The van der Waals surface area contributed by atoms with Crippen molar-refractivity contribution >= 4 is 29.5 Å². The molecule has 0 aliphatic carbocycles. The molecule has 6 heteroatoms. The Labute approximate surface area is 137 Å². The van der Waals surface area contributed by atoms with Crippen LogP contribution in [-0.4, -0.2) is 29.7 Å². The molecular weight excluding hydrogens is 311 g/mol. The third-order valence-corrected chi connectivity index (χ3v) is 3.68. The van der Waals surface area contributed by atoms with Gasteiger partial charge in [-0.3, -0.25) is 19.3 Å². The summed E-state index contributed by atoms with van der Waals surface area (Å²) in [4.78, 5) is 36.7. The molecular formula is C18H13FN2O3. The molecule has 0 radical (unpaired) electrons. The summed E-state index contributed by atoms with van der Waals surface area (Å²) in [6.07, 6.45) is 2.56. The molecule has 3 rings (SSSR count). The number of carbonyl (C=O) groups is 3. The van der Waals surface area contributed by atoms with E-state index in [-0.39, 0.29) is 11.5 Å². The molecule has 0 spiro atoms. The Hall–Kier alpha value is -3.28. The van der Waals surface area contributed by atoms with E-state index in [0.29, 0.717) is 16.8 Å². The maximum Gasteiger partial charge on any atom is 0.261 e. The molecule has 0 atom stereocenters. The Morgan fingerprint density at radius 2 is 1.79 bits per heavy atom. The summed E-state index contributed by atoms with van der Waals surface area (Å²) in [5.74, 6) is -1.67. The highest BCUT2D eigenvalue weighted by Gasteiger charge is 2.32. The van der Waals surface area contributed by atoms with Crippen molar-refractivity contribution in [1.82, 2.24) is 4.90 Å². The van der Waals surface area contributed by atoms with E-state index in [1.54, 1.807) is 18.2 Å². The van der Waals surface area contributed by atoms with Crippen LogP contribution in [0.1, 0.15) is 26.3 Å². The van der Waals surface area contributed by atoms with Crippen molar-refractivity contribution in [2.75, 3.05) is 12.4 Å². The topological polar surface area (TPSA) is 66.5 Å². The zero-order chi connectivity index (χ0) is 17.3. The van der Waals surface area contributed by atoms with Crippen LogP contribution < -0.4 is 5.32 Å². The second-order valence-electron chi connectivity index (χ2n) is 5.27. The lowest BCUT2D eigenvalue weighted by Gasteiger charge is -2.04. The SMILES string of the molecule is CN1C(=O)c2ccc(NC(=O)/C=C/c3ccccc3F)cc2C1=O. The average Bonchev–Trinajstić information content (AvgIpc) is 2.78. The lowest BCUT2D eigenvalue weighted by atomic mass is 10.1.